The van der Waals surface area contributed by atoms with Gasteiger partial charge in [0.25, 0.3) is 0 Å². The number of nitrogen functional groups attached to an aromatic ring is 1. The summed E-state index contributed by atoms with van der Waals surface area (Å²) in [5, 5.41) is 0.0425. The Hall–Kier alpha value is -0.950. The average Bonchev–Trinajstić information content (AvgIpc) is 2.29. The third kappa shape index (κ3) is 2.35. The number of anilines is 1. The van der Waals surface area contributed by atoms with Crippen molar-refractivity contribution in [2.24, 2.45) is 0 Å². The third-order valence-corrected chi connectivity index (χ3v) is 3.86. The highest BCUT2D eigenvalue weighted by molar-refractivity contribution is 14.1. The van der Waals surface area contributed by atoms with E-state index in [0.29, 0.717) is 11.5 Å². The fourth-order valence-corrected chi connectivity index (χ4v) is 1.79. The van der Waals surface area contributed by atoms with Gasteiger partial charge in [0.1, 0.15) is 5.82 Å². The Morgan fingerprint density at radius 3 is 2.71 bits per heavy atom. The maximum absolute atomic E-state index is 13.8. The van der Waals surface area contributed by atoms with Crippen LogP contribution in [-0.2, 0) is 0 Å². The smallest absolute Gasteiger partial charge is 0.164 e. The lowest BCUT2D eigenvalue weighted by Gasteiger charge is -2.07. The number of aromatic nitrogens is 2. The highest BCUT2D eigenvalue weighted by atomic mass is 127. The zero-order chi connectivity index (χ0) is 12.6. The van der Waals surface area contributed by atoms with Crippen LogP contribution in [0.25, 0.3) is 11.4 Å². The van der Waals surface area contributed by atoms with E-state index in [2.05, 4.69) is 32.6 Å². The maximum Gasteiger partial charge on any atom is 0.164 e. The molecule has 2 N–H and O–H groups in total. The number of rotatable bonds is 1. The van der Waals surface area contributed by atoms with Gasteiger partial charge in [-0.15, -0.1) is 0 Å². The van der Waals surface area contributed by atoms with Crippen molar-refractivity contribution in [3.8, 4) is 11.4 Å². The number of hydrogen-bond acceptors (Lipinski definition) is 3. The second-order valence-electron chi connectivity index (χ2n) is 3.43. The van der Waals surface area contributed by atoms with Gasteiger partial charge in [0.2, 0.25) is 0 Å². The van der Waals surface area contributed by atoms with Gasteiger partial charge in [0.05, 0.1) is 19.9 Å². The van der Waals surface area contributed by atoms with Crippen LogP contribution in [0.3, 0.4) is 0 Å². The highest BCUT2D eigenvalue weighted by Crippen LogP contribution is 2.27. The molecule has 0 aliphatic carbocycles. The Labute approximate surface area is 116 Å². The standard InChI is InChI=1S/C11H8ClFIN3/c1-5-9(14)10(15)17-11(16-5)6-3-2-4-7(12)8(6)13/h2-4H,1H3,(H2,15,16,17). The van der Waals surface area contributed by atoms with Crippen LogP contribution in [-0.4, -0.2) is 9.97 Å². The number of hydrogen-bond donors (Lipinski definition) is 1. The predicted molar refractivity (Wildman–Crippen MR) is 74.3 cm³/mol. The van der Waals surface area contributed by atoms with E-state index in [1.807, 2.05) is 0 Å². The molecule has 3 nitrogen and oxygen atoms in total. The average molecular weight is 364 g/mol. The topological polar surface area (TPSA) is 51.8 Å². The van der Waals surface area contributed by atoms with E-state index < -0.39 is 5.82 Å². The second kappa shape index (κ2) is 4.73. The van der Waals surface area contributed by atoms with Crippen molar-refractivity contribution >= 4 is 40.0 Å². The highest BCUT2D eigenvalue weighted by Gasteiger charge is 2.13. The second-order valence-corrected chi connectivity index (χ2v) is 4.92. The van der Waals surface area contributed by atoms with Crippen LogP contribution >= 0.6 is 34.2 Å². The molecule has 0 saturated carbocycles. The number of aryl methyl sites for hydroxylation is 1. The van der Waals surface area contributed by atoms with Gasteiger partial charge in [-0.05, 0) is 41.6 Å². The summed E-state index contributed by atoms with van der Waals surface area (Å²) in [7, 11) is 0. The summed E-state index contributed by atoms with van der Waals surface area (Å²) in [4.78, 5) is 8.27. The predicted octanol–water partition coefficient (Wildman–Crippen LogP) is 3.43. The first-order valence-electron chi connectivity index (χ1n) is 4.74. The van der Waals surface area contributed by atoms with E-state index >= 15 is 0 Å². The molecule has 0 aliphatic rings. The third-order valence-electron chi connectivity index (χ3n) is 2.23. The van der Waals surface area contributed by atoms with E-state index in [1.54, 1.807) is 19.1 Å². The fraction of sp³-hybridized carbons (Fsp3) is 0.0909. The molecule has 1 heterocycles. The van der Waals surface area contributed by atoms with Gasteiger partial charge in [-0.3, -0.25) is 0 Å². The molecule has 0 aliphatic heterocycles. The Morgan fingerprint density at radius 2 is 2.06 bits per heavy atom. The molecule has 1 aromatic carbocycles. The van der Waals surface area contributed by atoms with E-state index in [0.717, 1.165) is 3.57 Å². The Morgan fingerprint density at radius 1 is 1.35 bits per heavy atom. The molecule has 0 spiro atoms. The molecule has 17 heavy (non-hydrogen) atoms. The lowest BCUT2D eigenvalue weighted by molar-refractivity contribution is 0.630. The summed E-state index contributed by atoms with van der Waals surface area (Å²) < 4.78 is 14.6. The van der Waals surface area contributed by atoms with Crippen LogP contribution in [0, 0.1) is 16.3 Å². The summed E-state index contributed by atoms with van der Waals surface area (Å²) >= 11 is 7.76. The molecule has 0 fully saturated rings. The van der Waals surface area contributed by atoms with Crippen LogP contribution in [0.2, 0.25) is 5.02 Å². The SMILES string of the molecule is Cc1nc(-c2cccc(Cl)c2F)nc(N)c1I. The lowest BCUT2D eigenvalue weighted by atomic mass is 10.2. The quantitative estimate of drug-likeness (QED) is 0.790. The summed E-state index contributed by atoms with van der Waals surface area (Å²) in [5.74, 6) is 0.0575. The monoisotopic (exact) mass is 363 g/mol. The van der Waals surface area contributed by atoms with Gasteiger partial charge in [-0.2, -0.15) is 0 Å². The van der Waals surface area contributed by atoms with Crippen molar-refractivity contribution in [3.63, 3.8) is 0 Å². The molecule has 0 unspecified atom stereocenters. The molecule has 2 rings (SSSR count). The minimum Gasteiger partial charge on any atom is -0.383 e. The van der Waals surface area contributed by atoms with Gasteiger partial charge >= 0.3 is 0 Å². The zero-order valence-corrected chi connectivity index (χ0v) is 11.8. The van der Waals surface area contributed by atoms with Crippen molar-refractivity contribution in [3.05, 3.63) is 38.3 Å². The van der Waals surface area contributed by atoms with Gasteiger partial charge < -0.3 is 5.73 Å². The molecule has 0 atom stereocenters. The molecule has 88 valence electrons. The minimum absolute atomic E-state index is 0.0425. The van der Waals surface area contributed by atoms with E-state index in [-0.39, 0.29) is 16.4 Å². The summed E-state index contributed by atoms with van der Waals surface area (Å²) in [6.07, 6.45) is 0. The first-order valence-corrected chi connectivity index (χ1v) is 6.20. The van der Waals surface area contributed by atoms with Crippen LogP contribution < -0.4 is 5.73 Å². The largest absolute Gasteiger partial charge is 0.383 e. The van der Waals surface area contributed by atoms with Gasteiger partial charge in [0.15, 0.2) is 11.6 Å². The zero-order valence-electron chi connectivity index (χ0n) is 8.84. The van der Waals surface area contributed by atoms with Crippen molar-refractivity contribution < 1.29 is 4.39 Å². The van der Waals surface area contributed by atoms with Gasteiger partial charge in [0, 0.05) is 0 Å². The maximum atomic E-state index is 13.8. The summed E-state index contributed by atoms with van der Waals surface area (Å²) in [6.45, 7) is 1.80. The van der Waals surface area contributed by atoms with Crippen LogP contribution in [0.5, 0.6) is 0 Å². The molecule has 0 radical (unpaired) electrons. The lowest BCUT2D eigenvalue weighted by Crippen LogP contribution is -2.03. The van der Waals surface area contributed by atoms with Crippen molar-refractivity contribution in [2.45, 2.75) is 6.92 Å². The fourth-order valence-electron chi connectivity index (χ4n) is 1.38. The first kappa shape index (κ1) is 12.5. The molecule has 0 bridgehead atoms. The van der Waals surface area contributed by atoms with E-state index in [9.17, 15) is 4.39 Å². The van der Waals surface area contributed by atoms with Crippen molar-refractivity contribution in [1.29, 1.82) is 0 Å². The molecule has 2 aromatic rings. The number of nitrogens with two attached hydrogens (primary N) is 1. The molecule has 0 amide bonds. The molecule has 0 saturated heterocycles. The van der Waals surface area contributed by atoms with Crippen molar-refractivity contribution in [1.82, 2.24) is 9.97 Å². The van der Waals surface area contributed by atoms with Crippen LogP contribution in [0.4, 0.5) is 10.2 Å². The van der Waals surface area contributed by atoms with Crippen LogP contribution in [0.15, 0.2) is 18.2 Å². The number of halogens is 3. The Bertz CT molecular complexity index is 566. The molecule has 1 aromatic heterocycles. The van der Waals surface area contributed by atoms with Gasteiger partial charge in [-0.1, -0.05) is 17.7 Å². The Kier molecular flexibility index (Phi) is 3.48. The summed E-state index contributed by atoms with van der Waals surface area (Å²) in [6, 6.07) is 4.69. The van der Waals surface area contributed by atoms with E-state index in [4.69, 9.17) is 17.3 Å². The first-order chi connectivity index (χ1) is 8.00. The summed E-state index contributed by atoms with van der Waals surface area (Å²) in [5.41, 5.74) is 6.70. The number of nitrogens with zero attached hydrogens (tertiary/aromatic N) is 2. The molecular weight excluding hydrogens is 355 g/mol. The van der Waals surface area contributed by atoms with Crippen molar-refractivity contribution in [2.75, 3.05) is 5.73 Å². The molecular formula is C11H8ClFIN3. The Balaban J connectivity index is 2.65. The van der Waals surface area contributed by atoms with E-state index in [1.165, 1.54) is 6.07 Å². The van der Waals surface area contributed by atoms with Crippen LogP contribution in [0.1, 0.15) is 5.69 Å². The normalized spacial score (nSPS) is 10.6. The minimum atomic E-state index is -0.533. The van der Waals surface area contributed by atoms with Gasteiger partial charge in [-0.25, -0.2) is 14.4 Å². The molecule has 6 heteroatoms. The number of benzene rings is 1.